The minimum absolute atomic E-state index is 0.0556. The van der Waals surface area contributed by atoms with Crippen molar-refractivity contribution in [3.8, 4) is 0 Å². The fourth-order valence-electron chi connectivity index (χ4n) is 2.71. The van der Waals surface area contributed by atoms with Crippen LogP contribution in [0.4, 0.5) is 5.69 Å². The van der Waals surface area contributed by atoms with Crippen LogP contribution in [-0.2, 0) is 0 Å². The van der Waals surface area contributed by atoms with Gasteiger partial charge in [-0.2, -0.15) is 0 Å². The third-order valence-corrected chi connectivity index (χ3v) is 5.10. The second-order valence-corrected chi connectivity index (χ2v) is 6.88. The molecule has 0 aliphatic rings. The van der Waals surface area contributed by atoms with Gasteiger partial charge in [0.2, 0.25) is 0 Å². The Balaban J connectivity index is 2.00. The van der Waals surface area contributed by atoms with Crippen LogP contribution >= 0.6 is 0 Å². The molecule has 0 radical (unpaired) electrons. The van der Waals surface area contributed by atoms with E-state index in [1.165, 1.54) is 57.1 Å². The fraction of sp³-hybridized carbons (Fsp3) is 0.647. The first-order valence-electron chi connectivity index (χ1n) is 8.33. The molecule has 0 saturated carbocycles. The molecule has 0 amide bonds. The third-order valence-electron chi connectivity index (χ3n) is 3.96. The standard InChI is InChI=1S/C17H27N3Se/c1-3-5-7-10-14(11-8-6-4-2)18-15-12-9-13-16-17(15)20-21-19-16/h9,12-14,18H,3-8,10-11H2,1-2H3. The normalized spacial score (nSPS) is 11.4. The fourth-order valence-corrected chi connectivity index (χ4v) is 3.87. The molecule has 0 fully saturated rings. The Morgan fingerprint density at radius 1 is 1.00 bits per heavy atom. The van der Waals surface area contributed by atoms with E-state index in [1.54, 1.807) is 0 Å². The van der Waals surface area contributed by atoms with Crippen molar-refractivity contribution in [3.05, 3.63) is 18.2 Å². The van der Waals surface area contributed by atoms with Crippen molar-refractivity contribution in [2.24, 2.45) is 0 Å². The Kier molecular flexibility index (Phi) is 7.25. The molecule has 1 heterocycles. The van der Waals surface area contributed by atoms with Crippen LogP contribution in [0.2, 0.25) is 0 Å². The third kappa shape index (κ3) is 5.12. The molecule has 4 heteroatoms. The minimum atomic E-state index is 0.0556. The van der Waals surface area contributed by atoms with Crippen LogP contribution in [0.25, 0.3) is 11.0 Å². The molecule has 1 aromatic heterocycles. The van der Waals surface area contributed by atoms with E-state index < -0.39 is 0 Å². The number of benzene rings is 1. The molecular formula is C17H27N3Se. The van der Waals surface area contributed by atoms with Gasteiger partial charge in [0.05, 0.1) is 0 Å². The number of hydrogen-bond donors (Lipinski definition) is 1. The summed E-state index contributed by atoms with van der Waals surface area (Å²) in [6.45, 7) is 4.54. The Bertz CT molecular complexity index is 513. The quantitative estimate of drug-likeness (QED) is 0.500. The molecule has 21 heavy (non-hydrogen) atoms. The molecule has 116 valence electrons. The van der Waals surface area contributed by atoms with Gasteiger partial charge in [-0.05, 0) is 0 Å². The molecule has 0 saturated heterocycles. The van der Waals surface area contributed by atoms with E-state index in [0.29, 0.717) is 6.04 Å². The van der Waals surface area contributed by atoms with Gasteiger partial charge < -0.3 is 0 Å². The van der Waals surface area contributed by atoms with Gasteiger partial charge in [-0.1, -0.05) is 0 Å². The molecule has 1 N–H and O–H groups in total. The Labute approximate surface area is 134 Å². The Hall–Kier alpha value is -0.861. The van der Waals surface area contributed by atoms with Gasteiger partial charge in [0.1, 0.15) is 0 Å². The van der Waals surface area contributed by atoms with E-state index in [0.717, 1.165) is 11.0 Å². The molecule has 0 aliphatic heterocycles. The molecule has 1 aromatic carbocycles. The number of nitrogens with one attached hydrogen (secondary N) is 1. The van der Waals surface area contributed by atoms with Crippen LogP contribution in [0.3, 0.4) is 0 Å². The number of anilines is 1. The van der Waals surface area contributed by atoms with E-state index in [-0.39, 0.29) is 15.0 Å². The summed E-state index contributed by atoms with van der Waals surface area (Å²) in [4.78, 5) is 0. The van der Waals surface area contributed by atoms with Gasteiger partial charge in [-0.3, -0.25) is 0 Å². The number of rotatable bonds is 10. The number of aromatic nitrogens is 2. The van der Waals surface area contributed by atoms with E-state index in [9.17, 15) is 0 Å². The van der Waals surface area contributed by atoms with Crippen LogP contribution in [0.1, 0.15) is 65.2 Å². The van der Waals surface area contributed by atoms with Gasteiger partial charge in [0.15, 0.2) is 0 Å². The molecule has 2 rings (SSSR count). The van der Waals surface area contributed by atoms with E-state index in [1.807, 2.05) is 0 Å². The van der Waals surface area contributed by atoms with E-state index >= 15 is 0 Å². The van der Waals surface area contributed by atoms with Crippen molar-refractivity contribution in [1.29, 1.82) is 0 Å². The van der Waals surface area contributed by atoms with Gasteiger partial charge in [0.25, 0.3) is 0 Å². The van der Waals surface area contributed by atoms with Gasteiger partial charge in [-0.15, -0.1) is 0 Å². The van der Waals surface area contributed by atoms with Gasteiger partial charge >= 0.3 is 134 Å². The zero-order valence-corrected chi connectivity index (χ0v) is 15.0. The maximum atomic E-state index is 4.58. The average Bonchev–Trinajstić information content (AvgIpc) is 2.97. The van der Waals surface area contributed by atoms with Crippen LogP contribution in [0.5, 0.6) is 0 Å². The van der Waals surface area contributed by atoms with Crippen LogP contribution in [0.15, 0.2) is 18.2 Å². The van der Waals surface area contributed by atoms with Gasteiger partial charge in [-0.25, -0.2) is 0 Å². The summed E-state index contributed by atoms with van der Waals surface area (Å²) in [5, 5.41) is 3.75. The predicted octanol–water partition coefficient (Wildman–Crippen LogP) is 4.63. The molecule has 0 aliphatic carbocycles. The van der Waals surface area contributed by atoms with Crippen molar-refractivity contribution in [1.82, 2.24) is 7.96 Å². The molecule has 0 atom stereocenters. The second-order valence-electron chi connectivity index (χ2n) is 5.77. The second kappa shape index (κ2) is 9.22. The molecule has 0 unspecified atom stereocenters. The predicted molar refractivity (Wildman–Crippen MR) is 92.2 cm³/mol. The molecule has 0 bridgehead atoms. The summed E-state index contributed by atoms with van der Waals surface area (Å²) >= 11 is 0.0556. The SMILES string of the molecule is CCCCCC(CCCCC)Nc1cccc2n[se]nc12. The van der Waals surface area contributed by atoms with Crippen molar-refractivity contribution in [2.75, 3.05) is 5.32 Å². The Morgan fingerprint density at radius 3 is 2.38 bits per heavy atom. The maximum absolute atomic E-state index is 4.58. The summed E-state index contributed by atoms with van der Waals surface area (Å²) in [5.41, 5.74) is 3.35. The summed E-state index contributed by atoms with van der Waals surface area (Å²) < 4.78 is 9.05. The topological polar surface area (TPSA) is 37.8 Å². The number of unbranched alkanes of at least 4 members (excludes halogenated alkanes) is 4. The van der Waals surface area contributed by atoms with Crippen LogP contribution in [0, 0.1) is 0 Å². The van der Waals surface area contributed by atoms with Crippen molar-refractivity contribution in [2.45, 2.75) is 71.3 Å². The summed E-state index contributed by atoms with van der Waals surface area (Å²) in [7, 11) is 0. The molecule has 2 aromatic rings. The van der Waals surface area contributed by atoms with Crippen LogP contribution in [-0.4, -0.2) is 29.0 Å². The first-order chi connectivity index (χ1) is 10.3. The van der Waals surface area contributed by atoms with Gasteiger partial charge in [0, 0.05) is 0 Å². The van der Waals surface area contributed by atoms with Crippen molar-refractivity contribution in [3.63, 3.8) is 0 Å². The summed E-state index contributed by atoms with van der Waals surface area (Å²) in [6.07, 6.45) is 10.4. The number of nitrogens with zero attached hydrogens (tertiary/aromatic N) is 2. The van der Waals surface area contributed by atoms with Crippen LogP contribution < -0.4 is 5.32 Å². The average molecular weight is 352 g/mol. The summed E-state index contributed by atoms with van der Waals surface area (Å²) in [5.74, 6) is 0. The van der Waals surface area contributed by atoms with E-state index in [2.05, 4.69) is 45.3 Å². The van der Waals surface area contributed by atoms with Crippen molar-refractivity contribution >= 4 is 31.7 Å². The Morgan fingerprint density at radius 2 is 1.71 bits per heavy atom. The number of hydrogen-bond acceptors (Lipinski definition) is 3. The van der Waals surface area contributed by atoms with E-state index in [4.69, 9.17) is 0 Å². The number of fused-ring (bicyclic) bond motifs is 1. The van der Waals surface area contributed by atoms with Crippen molar-refractivity contribution < 1.29 is 0 Å². The summed E-state index contributed by atoms with van der Waals surface area (Å²) in [6, 6.07) is 6.91. The zero-order chi connectivity index (χ0) is 14.9. The molecule has 3 nitrogen and oxygen atoms in total. The molecular weight excluding hydrogens is 325 g/mol. The zero-order valence-electron chi connectivity index (χ0n) is 13.3. The first kappa shape index (κ1) is 16.5. The first-order valence-corrected chi connectivity index (χ1v) is 9.86. The monoisotopic (exact) mass is 353 g/mol. The molecule has 0 spiro atoms.